The summed E-state index contributed by atoms with van der Waals surface area (Å²) in [5, 5.41) is 11.5. The van der Waals surface area contributed by atoms with Crippen molar-refractivity contribution in [2.24, 2.45) is 0 Å². The number of likely N-dealkylation sites (tertiary alicyclic amines) is 1. The van der Waals surface area contributed by atoms with E-state index in [0.29, 0.717) is 21.2 Å². The van der Waals surface area contributed by atoms with E-state index in [0.717, 1.165) is 5.56 Å². The molecular formula is C21H19Cl2NO4. The third-order valence-corrected chi connectivity index (χ3v) is 5.40. The van der Waals surface area contributed by atoms with Crippen molar-refractivity contribution < 1.29 is 19.4 Å². The van der Waals surface area contributed by atoms with Gasteiger partial charge < -0.3 is 14.7 Å². The van der Waals surface area contributed by atoms with E-state index in [1.54, 1.807) is 30.3 Å². The molecule has 2 aromatic carbocycles. The highest BCUT2D eigenvalue weighted by atomic mass is 35.5. The zero-order valence-electron chi connectivity index (χ0n) is 15.4. The highest BCUT2D eigenvalue weighted by molar-refractivity contribution is 6.46. The third-order valence-electron chi connectivity index (χ3n) is 4.66. The van der Waals surface area contributed by atoms with Crippen LogP contribution in [0.5, 0.6) is 0 Å². The Morgan fingerprint density at radius 1 is 1.11 bits per heavy atom. The Labute approximate surface area is 173 Å². The molecule has 7 heteroatoms. The van der Waals surface area contributed by atoms with E-state index in [-0.39, 0.29) is 24.5 Å². The van der Waals surface area contributed by atoms with Crippen LogP contribution in [0.3, 0.4) is 0 Å². The maximum absolute atomic E-state index is 12.8. The second-order valence-electron chi connectivity index (χ2n) is 6.52. The van der Waals surface area contributed by atoms with E-state index in [1.165, 1.54) is 12.0 Å². The van der Waals surface area contributed by atoms with Crippen LogP contribution in [0, 0.1) is 6.92 Å². The van der Waals surface area contributed by atoms with Gasteiger partial charge in [0.05, 0.1) is 28.3 Å². The molecule has 1 aliphatic heterocycles. The predicted molar refractivity (Wildman–Crippen MR) is 109 cm³/mol. The molecular weight excluding hydrogens is 401 g/mol. The number of hydrogen-bond donors (Lipinski definition) is 1. The Hall–Kier alpha value is -2.34. The van der Waals surface area contributed by atoms with Crippen molar-refractivity contribution in [1.82, 2.24) is 4.90 Å². The van der Waals surface area contributed by atoms with Gasteiger partial charge in [-0.25, -0.2) is 0 Å². The number of carbonyl (C=O) groups excluding carboxylic acids is 2. The molecule has 1 N–H and O–H groups in total. The standard InChI is InChI=1S/C21H19Cl2NO4/c1-12-3-5-13(6-4-12)19(25)17-18(14-7-8-15(22)16(23)11-14)24(9-10-28-2)21(27)20(17)26/h3-8,11,18,25H,9-10H2,1-2H3/b19-17+. The second kappa shape index (κ2) is 8.35. The summed E-state index contributed by atoms with van der Waals surface area (Å²) in [5.74, 6) is -1.67. The summed E-state index contributed by atoms with van der Waals surface area (Å²) < 4.78 is 5.08. The Morgan fingerprint density at radius 3 is 2.39 bits per heavy atom. The number of hydrogen-bond acceptors (Lipinski definition) is 4. The number of nitrogens with zero attached hydrogens (tertiary/aromatic N) is 1. The fourth-order valence-corrected chi connectivity index (χ4v) is 3.50. The summed E-state index contributed by atoms with van der Waals surface area (Å²) in [7, 11) is 1.51. The minimum absolute atomic E-state index is 0.0170. The lowest BCUT2D eigenvalue weighted by molar-refractivity contribution is -0.140. The molecule has 3 rings (SSSR count). The molecule has 1 atom stereocenters. The molecule has 1 amide bonds. The number of Topliss-reactive ketones (excluding diaryl/α,β-unsaturated/α-hetero) is 1. The number of carbonyl (C=O) groups is 2. The first-order chi connectivity index (χ1) is 13.3. The van der Waals surface area contributed by atoms with Gasteiger partial charge in [0.1, 0.15) is 5.76 Å². The Balaban J connectivity index is 2.17. The molecule has 1 unspecified atom stereocenters. The van der Waals surface area contributed by atoms with Gasteiger partial charge in [0.2, 0.25) is 0 Å². The molecule has 5 nitrogen and oxygen atoms in total. The van der Waals surface area contributed by atoms with Crippen LogP contribution in [0.2, 0.25) is 10.0 Å². The Morgan fingerprint density at radius 2 is 1.79 bits per heavy atom. The van der Waals surface area contributed by atoms with Crippen molar-refractivity contribution in [3.05, 3.63) is 74.8 Å². The molecule has 28 heavy (non-hydrogen) atoms. The number of benzene rings is 2. The maximum atomic E-state index is 12.8. The molecule has 0 aliphatic carbocycles. The van der Waals surface area contributed by atoms with E-state index >= 15 is 0 Å². The highest BCUT2D eigenvalue weighted by Gasteiger charge is 2.45. The third kappa shape index (κ3) is 3.78. The van der Waals surface area contributed by atoms with Crippen LogP contribution in [0.25, 0.3) is 5.76 Å². The quantitative estimate of drug-likeness (QED) is 0.443. The monoisotopic (exact) mass is 419 g/mol. The van der Waals surface area contributed by atoms with Crippen LogP contribution >= 0.6 is 23.2 Å². The molecule has 146 valence electrons. The molecule has 1 fully saturated rings. The Kier molecular flexibility index (Phi) is 6.08. The number of aliphatic hydroxyl groups excluding tert-OH is 1. The lowest BCUT2D eigenvalue weighted by Gasteiger charge is -2.25. The zero-order valence-corrected chi connectivity index (χ0v) is 16.9. The zero-order chi connectivity index (χ0) is 20.4. The van der Waals surface area contributed by atoms with Crippen molar-refractivity contribution in [3.8, 4) is 0 Å². The van der Waals surface area contributed by atoms with Gasteiger partial charge in [-0.05, 0) is 24.6 Å². The van der Waals surface area contributed by atoms with E-state index in [2.05, 4.69) is 0 Å². The van der Waals surface area contributed by atoms with Gasteiger partial charge in [-0.3, -0.25) is 9.59 Å². The van der Waals surface area contributed by atoms with E-state index < -0.39 is 17.7 Å². The first kappa shape index (κ1) is 20.4. The first-order valence-electron chi connectivity index (χ1n) is 8.64. The lowest BCUT2D eigenvalue weighted by Crippen LogP contribution is -2.32. The normalized spacial score (nSPS) is 18.7. The number of ketones is 1. The molecule has 0 spiro atoms. The summed E-state index contributed by atoms with van der Waals surface area (Å²) in [6.07, 6.45) is 0. The summed E-state index contributed by atoms with van der Waals surface area (Å²) in [4.78, 5) is 26.8. The van der Waals surface area contributed by atoms with Crippen LogP contribution in [0.4, 0.5) is 0 Å². The van der Waals surface area contributed by atoms with Crippen LogP contribution in [0.15, 0.2) is 48.0 Å². The van der Waals surface area contributed by atoms with Gasteiger partial charge >= 0.3 is 0 Å². The van der Waals surface area contributed by atoms with E-state index in [9.17, 15) is 14.7 Å². The first-order valence-corrected chi connectivity index (χ1v) is 9.40. The minimum atomic E-state index is -0.786. The SMILES string of the molecule is COCCN1C(=O)C(=O)/C(=C(/O)c2ccc(C)cc2)C1c1ccc(Cl)c(Cl)c1. The maximum Gasteiger partial charge on any atom is 0.295 e. The van der Waals surface area contributed by atoms with Crippen LogP contribution in [-0.4, -0.2) is 42.0 Å². The molecule has 0 saturated carbocycles. The minimum Gasteiger partial charge on any atom is -0.507 e. The van der Waals surface area contributed by atoms with E-state index in [4.69, 9.17) is 27.9 Å². The van der Waals surface area contributed by atoms with Crippen LogP contribution < -0.4 is 0 Å². The molecule has 1 aliphatic rings. The van der Waals surface area contributed by atoms with Crippen molar-refractivity contribution in [2.75, 3.05) is 20.3 Å². The highest BCUT2D eigenvalue weighted by Crippen LogP contribution is 2.40. The van der Waals surface area contributed by atoms with Crippen molar-refractivity contribution in [2.45, 2.75) is 13.0 Å². The number of amides is 1. The summed E-state index contributed by atoms with van der Waals surface area (Å²) >= 11 is 12.2. The predicted octanol–water partition coefficient (Wildman–Crippen LogP) is 4.37. The molecule has 0 bridgehead atoms. The number of ether oxygens (including phenoxy) is 1. The van der Waals surface area contributed by atoms with Gasteiger partial charge in [-0.15, -0.1) is 0 Å². The molecule has 1 saturated heterocycles. The molecule has 2 aromatic rings. The number of aliphatic hydroxyl groups is 1. The number of halogens is 2. The number of rotatable bonds is 5. The van der Waals surface area contributed by atoms with E-state index in [1.807, 2.05) is 19.1 Å². The molecule has 0 radical (unpaired) electrons. The fourth-order valence-electron chi connectivity index (χ4n) is 3.20. The fraction of sp³-hybridized carbons (Fsp3) is 0.238. The van der Waals surface area contributed by atoms with Gasteiger partial charge in [-0.2, -0.15) is 0 Å². The summed E-state index contributed by atoms with van der Waals surface area (Å²) in [5.41, 5.74) is 2.07. The number of aryl methyl sites for hydroxylation is 1. The molecule has 0 aromatic heterocycles. The average Bonchev–Trinajstić information content (AvgIpc) is 2.93. The number of methoxy groups -OCH3 is 1. The summed E-state index contributed by atoms with van der Waals surface area (Å²) in [6, 6.07) is 11.2. The van der Waals surface area contributed by atoms with Gasteiger partial charge in [-0.1, -0.05) is 59.1 Å². The lowest BCUT2D eigenvalue weighted by atomic mass is 9.95. The summed E-state index contributed by atoms with van der Waals surface area (Å²) in [6.45, 7) is 2.36. The largest absolute Gasteiger partial charge is 0.507 e. The van der Waals surface area contributed by atoms with Crippen molar-refractivity contribution in [3.63, 3.8) is 0 Å². The second-order valence-corrected chi connectivity index (χ2v) is 7.34. The van der Waals surface area contributed by atoms with Crippen LogP contribution in [0.1, 0.15) is 22.7 Å². The Bertz CT molecular complexity index is 953. The van der Waals surface area contributed by atoms with Crippen molar-refractivity contribution in [1.29, 1.82) is 0 Å². The van der Waals surface area contributed by atoms with Crippen LogP contribution in [-0.2, 0) is 14.3 Å². The molecule has 1 heterocycles. The smallest absolute Gasteiger partial charge is 0.295 e. The van der Waals surface area contributed by atoms with Gasteiger partial charge in [0.15, 0.2) is 0 Å². The van der Waals surface area contributed by atoms with Gasteiger partial charge in [0.25, 0.3) is 11.7 Å². The average molecular weight is 420 g/mol. The van der Waals surface area contributed by atoms with Crippen molar-refractivity contribution >= 4 is 40.7 Å². The topological polar surface area (TPSA) is 66.8 Å². The van der Waals surface area contributed by atoms with Gasteiger partial charge in [0, 0.05) is 19.2 Å².